The van der Waals surface area contributed by atoms with E-state index >= 15 is 0 Å². The zero-order chi connectivity index (χ0) is 71.8. The fourth-order valence-corrected chi connectivity index (χ4v) is 10.3. The number of nitrogens with one attached hydrogen (secondary N) is 8. The van der Waals surface area contributed by atoms with E-state index in [0.29, 0.717) is 75.8 Å². The Balaban J connectivity index is 0.000000354. The van der Waals surface area contributed by atoms with E-state index < -0.39 is 101 Å². The van der Waals surface area contributed by atoms with Crippen LogP contribution in [0.15, 0.2) is 121 Å². The zero-order valence-electron chi connectivity index (χ0n) is 55.1. The second-order valence-electron chi connectivity index (χ2n) is 23.1. The second kappa shape index (κ2) is 39.3. The molecule has 0 aliphatic carbocycles. The summed E-state index contributed by atoms with van der Waals surface area (Å²) in [5.41, 5.74) is 44.5. The second-order valence-corrected chi connectivity index (χ2v) is 23.1. The first-order valence-corrected chi connectivity index (χ1v) is 31.7. The maximum atomic E-state index is 14.4. The number of hydrogen-bond acceptors (Lipinski definition) is 12. The van der Waals surface area contributed by atoms with Gasteiger partial charge in [-0.3, -0.25) is 104 Å². The number of fused-ring (bicyclic) bond motifs is 2. The van der Waals surface area contributed by atoms with Crippen LogP contribution in [-0.4, -0.2) is 135 Å². The van der Waals surface area contributed by atoms with Crippen molar-refractivity contribution < 1.29 is 81.8 Å². The third kappa shape index (κ3) is 25.2. The van der Waals surface area contributed by atoms with Gasteiger partial charge in [0.1, 0.15) is 17.9 Å². The molecule has 0 aliphatic rings. The van der Waals surface area contributed by atoms with E-state index in [2.05, 4.69) is 41.2 Å². The van der Waals surface area contributed by atoms with Crippen LogP contribution in [0.4, 0.5) is 15.8 Å². The van der Waals surface area contributed by atoms with Gasteiger partial charge < -0.3 is 30.7 Å². The molecule has 0 saturated carbocycles. The number of unbranched alkanes of at least 4 members (excludes halogenated alkanes) is 2. The number of ether oxygens (including phenoxy) is 2. The number of halogens is 1. The van der Waals surface area contributed by atoms with Crippen LogP contribution >= 0.6 is 0 Å². The van der Waals surface area contributed by atoms with E-state index in [4.69, 9.17) is 55.3 Å². The topological polar surface area (TPSA) is 501 Å². The minimum absolute atomic E-state index is 0.0000797. The van der Waals surface area contributed by atoms with Crippen molar-refractivity contribution in [2.24, 2.45) is 57.7 Å². The Morgan fingerprint density at radius 2 is 0.796 bits per heavy atom. The summed E-state index contributed by atoms with van der Waals surface area (Å²) in [5.74, 6) is -10.1. The lowest BCUT2D eigenvalue weighted by molar-refractivity contribution is -0.460. The molecule has 0 bridgehead atoms. The van der Waals surface area contributed by atoms with Gasteiger partial charge in [0.15, 0.2) is 0 Å². The minimum atomic E-state index is -1.09. The summed E-state index contributed by atoms with van der Waals surface area (Å²) < 4.78 is 24.1. The van der Waals surface area contributed by atoms with E-state index in [-0.39, 0.29) is 77.6 Å². The highest BCUT2D eigenvalue weighted by Crippen LogP contribution is 2.26. The van der Waals surface area contributed by atoms with Gasteiger partial charge in [0, 0.05) is 41.4 Å². The SMILES string of the molecule is COC(=O)C(CCC[NH+]=C(N)N)NC(=O)C(CCCC[NH+]=C(N)N)CC(=O)C(=O)c1cc(C)ccc1NC(=O)c1ccc2ccccc2c1.COC(=O)C(CCC[NH+]=C(N)N)NC(=O)C(CCCC[NH+]=C(N)N)CC(=O)C(=O)c1cc(F)ccc1NC(=O)c1ccc2ccccc2c1. The number of nitrogens with two attached hydrogens (primary N) is 8. The third-order valence-electron chi connectivity index (χ3n) is 15.5. The maximum Gasteiger partial charge on any atom is 0.338 e. The molecule has 28 nitrogen and oxygen atoms in total. The number of Topliss-reactive ketones (excluding diaryl/α,β-unsaturated/α-hetero) is 4. The third-order valence-corrected chi connectivity index (χ3v) is 15.5. The highest BCUT2D eigenvalue weighted by molar-refractivity contribution is 6.46. The number of rotatable bonds is 36. The Labute approximate surface area is 565 Å². The van der Waals surface area contributed by atoms with Crippen molar-refractivity contribution in [1.82, 2.24) is 10.6 Å². The number of carbonyl (C=O) groups is 10. The van der Waals surface area contributed by atoms with Crippen LogP contribution in [0, 0.1) is 24.6 Å². The minimum Gasteiger partial charge on any atom is -0.467 e. The van der Waals surface area contributed by atoms with E-state index in [1.54, 1.807) is 49.4 Å². The van der Waals surface area contributed by atoms with Crippen molar-refractivity contribution in [3.05, 3.63) is 155 Å². The van der Waals surface area contributed by atoms with Gasteiger partial charge in [-0.1, -0.05) is 72.3 Å². The van der Waals surface area contributed by atoms with Crippen molar-refractivity contribution in [1.29, 1.82) is 0 Å². The smallest absolute Gasteiger partial charge is 0.338 e. The van der Waals surface area contributed by atoms with Gasteiger partial charge in [0.05, 0.1) is 57.3 Å². The molecule has 520 valence electrons. The van der Waals surface area contributed by atoms with Gasteiger partial charge in [-0.15, -0.1) is 0 Å². The quantitative estimate of drug-likeness (QED) is 0.00459. The molecule has 4 atom stereocenters. The number of hydrogen-bond donors (Lipinski definition) is 16. The predicted octanol–water partition coefficient (Wildman–Crippen LogP) is -3.22. The lowest BCUT2D eigenvalue weighted by Crippen LogP contribution is -2.78. The number of guanidine groups is 4. The molecular formula is C69H89FN16O12+4. The van der Waals surface area contributed by atoms with E-state index in [1.165, 1.54) is 26.4 Å². The number of aryl methyl sites for hydroxylation is 1. The molecule has 29 heteroatoms. The summed E-state index contributed by atoms with van der Waals surface area (Å²) >= 11 is 0. The lowest BCUT2D eigenvalue weighted by Gasteiger charge is -2.21. The van der Waals surface area contributed by atoms with Gasteiger partial charge in [0.2, 0.25) is 34.9 Å². The van der Waals surface area contributed by atoms with Crippen molar-refractivity contribution in [3.63, 3.8) is 0 Å². The molecule has 0 aliphatic heterocycles. The Morgan fingerprint density at radius 1 is 0.429 bits per heavy atom. The Kier molecular flexibility index (Phi) is 30.9. The van der Waals surface area contributed by atoms with Crippen LogP contribution in [0.2, 0.25) is 0 Å². The molecule has 4 unspecified atom stereocenters. The van der Waals surface area contributed by atoms with Crippen LogP contribution in [0.1, 0.15) is 124 Å². The summed E-state index contributed by atoms with van der Waals surface area (Å²) in [4.78, 5) is 143. The molecule has 6 aromatic rings. The van der Waals surface area contributed by atoms with Crippen LogP contribution in [0.3, 0.4) is 0 Å². The zero-order valence-corrected chi connectivity index (χ0v) is 55.1. The van der Waals surface area contributed by atoms with Crippen molar-refractivity contribution in [2.75, 3.05) is 51.0 Å². The molecule has 98 heavy (non-hydrogen) atoms. The number of benzene rings is 6. The summed E-state index contributed by atoms with van der Waals surface area (Å²) in [6.45, 7) is 3.27. The average molecular weight is 1350 g/mol. The molecule has 0 heterocycles. The van der Waals surface area contributed by atoms with Gasteiger partial charge in [-0.25, -0.2) is 14.0 Å². The first kappa shape index (κ1) is 77.1. The number of amides is 4. The molecule has 0 saturated heterocycles. The van der Waals surface area contributed by atoms with Gasteiger partial charge in [-0.05, 0) is 147 Å². The lowest BCUT2D eigenvalue weighted by atomic mass is 9.91. The standard InChI is InChI=1S/C35H44N8O6.C34H41FN8O6/c1-21-12-15-27(42-32(47)25-14-13-22-8-3-4-9-23(22)19-25)26(18-21)30(45)29(44)20-24(10-5-6-16-40-34(36)37)31(46)43-28(33(48)49-2)11-7-17-41-35(38)39;1-49-32(48)27(10-6-16-41-34(38)39)43-30(46)22(9-4-5-15-40-33(36)37)18-28(44)29(45)25-19-24(35)13-14-26(25)42-31(47)23-12-11-20-7-2-3-8-21(20)17-23/h3-4,8-9,12-15,18-19,24,28H,5-7,10-11,16-17,20H2,1-2H3,(H,42,47)(H,43,46)(H4,36,37,40)(H4,38,39,41);2-3,7-8,11-14,17,19,22,27H,4-6,9-10,15-16,18H2,1H3,(H,42,47)(H,43,46)(H4,36,37,40)(H4,38,39,41)/p+4. The number of carbonyl (C=O) groups excluding carboxylic acids is 10. The predicted molar refractivity (Wildman–Crippen MR) is 367 cm³/mol. The number of ketones is 4. The molecule has 0 radical (unpaired) electrons. The van der Waals surface area contributed by atoms with Crippen molar-refractivity contribution in [2.45, 2.75) is 96.1 Å². The highest BCUT2D eigenvalue weighted by Gasteiger charge is 2.33. The summed E-state index contributed by atoms with van der Waals surface area (Å²) in [6, 6.07) is 31.2. The Morgan fingerprint density at radius 3 is 1.18 bits per heavy atom. The van der Waals surface area contributed by atoms with E-state index in [9.17, 15) is 52.3 Å². The molecule has 0 aromatic heterocycles. The monoisotopic (exact) mass is 1350 g/mol. The molecular weight excluding hydrogens is 1260 g/mol. The van der Waals surface area contributed by atoms with Gasteiger partial charge in [0.25, 0.3) is 11.8 Å². The number of methoxy groups -OCH3 is 2. The summed E-state index contributed by atoms with van der Waals surface area (Å²) in [5, 5.41) is 14.3. The molecule has 6 aromatic carbocycles. The van der Waals surface area contributed by atoms with Gasteiger partial charge in [-0.2, -0.15) is 0 Å². The summed E-state index contributed by atoms with van der Waals surface area (Å²) in [7, 11) is 2.38. The Bertz CT molecular complexity index is 3720. The van der Waals surface area contributed by atoms with Crippen LogP contribution in [0.25, 0.3) is 21.5 Å². The van der Waals surface area contributed by atoms with Gasteiger partial charge >= 0.3 is 35.8 Å². The van der Waals surface area contributed by atoms with Crippen LogP contribution in [0.5, 0.6) is 0 Å². The summed E-state index contributed by atoms with van der Waals surface area (Å²) in [6.07, 6.45) is 2.56. The van der Waals surface area contributed by atoms with Crippen LogP contribution in [-0.2, 0) is 38.2 Å². The molecule has 0 spiro atoms. The average Bonchev–Trinajstić information content (AvgIpc) is 0.824. The first-order valence-electron chi connectivity index (χ1n) is 31.7. The first-order chi connectivity index (χ1) is 46.8. The van der Waals surface area contributed by atoms with Crippen molar-refractivity contribution >= 4 is 115 Å². The normalized spacial score (nSPS) is 11.9. The Hall–Kier alpha value is -11.7. The molecule has 4 amide bonds. The molecule has 0 fully saturated rings. The van der Waals surface area contributed by atoms with E-state index in [0.717, 1.165) is 33.7 Å². The van der Waals surface area contributed by atoms with Crippen LogP contribution < -0.4 is 87.1 Å². The molecule has 24 N–H and O–H groups in total. The number of anilines is 2. The fraction of sp³-hybridized carbons (Fsp3) is 0.333. The highest BCUT2D eigenvalue weighted by atomic mass is 19.1. The molecule has 6 rings (SSSR count). The fourth-order valence-electron chi connectivity index (χ4n) is 10.3. The van der Waals surface area contributed by atoms with Crippen molar-refractivity contribution in [3.8, 4) is 0 Å². The number of esters is 2. The van der Waals surface area contributed by atoms with E-state index in [1.807, 2.05) is 54.6 Å². The maximum absolute atomic E-state index is 14.4. The largest absolute Gasteiger partial charge is 0.467 e.